The van der Waals surface area contributed by atoms with E-state index in [0.717, 1.165) is 36.5 Å². The number of hydrogen-bond acceptors (Lipinski definition) is 3. The molecule has 3 nitrogen and oxygen atoms in total. The van der Waals surface area contributed by atoms with Crippen LogP contribution in [0.5, 0.6) is 11.5 Å². The van der Waals surface area contributed by atoms with Gasteiger partial charge in [-0.1, -0.05) is 48.6 Å². The zero-order valence-corrected chi connectivity index (χ0v) is 17.6. The van der Waals surface area contributed by atoms with Gasteiger partial charge in [0.2, 0.25) is 5.82 Å². The topological polar surface area (TPSA) is 35.5 Å². The van der Waals surface area contributed by atoms with Gasteiger partial charge < -0.3 is 9.47 Å². The minimum atomic E-state index is -1.32. The van der Waals surface area contributed by atoms with Gasteiger partial charge in [0.15, 0.2) is 11.6 Å². The molecule has 0 aliphatic heterocycles. The van der Waals surface area contributed by atoms with Crippen LogP contribution in [0.3, 0.4) is 0 Å². The normalized spacial score (nSPS) is 11.0. The van der Waals surface area contributed by atoms with Gasteiger partial charge in [-0.05, 0) is 60.2 Å². The maximum atomic E-state index is 14.1. The molecule has 0 amide bonds. The monoisotopic (exact) mass is 440 g/mol. The number of ether oxygens (including phenoxy) is 2. The minimum Gasteiger partial charge on any atom is -0.494 e. The third-order valence-electron chi connectivity index (χ3n) is 4.93. The minimum absolute atomic E-state index is 0.215. The van der Waals surface area contributed by atoms with E-state index in [1.165, 1.54) is 24.8 Å². The maximum Gasteiger partial charge on any atom is 0.346 e. The van der Waals surface area contributed by atoms with E-state index in [-0.39, 0.29) is 11.5 Å². The van der Waals surface area contributed by atoms with Crippen molar-refractivity contribution in [1.82, 2.24) is 0 Å². The van der Waals surface area contributed by atoms with Crippen molar-refractivity contribution in [2.24, 2.45) is 0 Å². The average molecular weight is 440 g/mol. The van der Waals surface area contributed by atoms with E-state index >= 15 is 0 Å². The lowest BCUT2D eigenvalue weighted by Gasteiger charge is -2.09. The predicted octanol–water partition coefficient (Wildman–Crippen LogP) is 6.71. The van der Waals surface area contributed by atoms with Crippen LogP contribution in [0.4, 0.5) is 13.2 Å². The first-order valence-corrected chi connectivity index (χ1v) is 10.2. The van der Waals surface area contributed by atoms with Crippen molar-refractivity contribution in [3.05, 3.63) is 95.6 Å². The van der Waals surface area contributed by atoms with Crippen molar-refractivity contribution in [2.45, 2.75) is 19.3 Å². The summed E-state index contributed by atoms with van der Waals surface area (Å²) in [6, 6.07) is 17.1. The van der Waals surface area contributed by atoms with E-state index in [1.54, 1.807) is 24.3 Å². The number of allylic oxidation sites excluding steroid dienone is 2. The first-order chi connectivity index (χ1) is 15.5. The molecule has 0 fully saturated rings. The molecule has 0 unspecified atom stereocenters. The fourth-order valence-corrected chi connectivity index (χ4v) is 3.19. The molecule has 0 saturated heterocycles. The number of methoxy groups -OCH3 is 1. The van der Waals surface area contributed by atoms with Gasteiger partial charge in [-0.15, -0.1) is 0 Å². The highest BCUT2D eigenvalue weighted by atomic mass is 19.2. The summed E-state index contributed by atoms with van der Waals surface area (Å²) in [7, 11) is 1.21. The molecule has 0 spiro atoms. The third-order valence-corrected chi connectivity index (χ3v) is 4.93. The standard InChI is InChI=1S/C26H23F3O3/c1-31-23-16-15-22(24(28)25(23)29)26(30)32-21-13-11-20(12-14-21)19-9-7-18(8-10-19)6-4-2-3-5-17-27/h3,5,7-16H,2,4,6,17H2,1H3. The van der Waals surface area contributed by atoms with Crippen LogP contribution >= 0.6 is 0 Å². The van der Waals surface area contributed by atoms with Gasteiger partial charge in [0, 0.05) is 0 Å². The summed E-state index contributed by atoms with van der Waals surface area (Å²) in [6.45, 7) is -0.427. The van der Waals surface area contributed by atoms with Crippen molar-refractivity contribution in [2.75, 3.05) is 13.8 Å². The largest absolute Gasteiger partial charge is 0.494 e. The van der Waals surface area contributed by atoms with Crippen molar-refractivity contribution in [3.63, 3.8) is 0 Å². The number of hydrogen-bond donors (Lipinski definition) is 0. The van der Waals surface area contributed by atoms with Gasteiger partial charge in [0.25, 0.3) is 0 Å². The highest BCUT2D eigenvalue weighted by Crippen LogP contribution is 2.26. The van der Waals surface area contributed by atoms with Crippen LogP contribution in [-0.4, -0.2) is 19.8 Å². The van der Waals surface area contributed by atoms with Crippen molar-refractivity contribution < 1.29 is 27.4 Å². The molecule has 0 aromatic heterocycles. The second kappa shape index (κ2) is 11.2. The van der Waals surface area contributed by atoms with Gasteiger partial charge in [-0.3, -0.25) is 0 Å². The zero-order chi connectivity index (χ0) is 22.9. The maximum absolute atomic E-state index is 14.1. The molecule has 32 heavy (non-hydrogen) atoms. The summed E-state index contributed by atoms with van der Waals surface area (Å²) in [5.74, 6) is -3.63. The quantitative estimate of drug-likeness (QED) is 0.161. The van der Waals surface area contributed by atoms with Crippen LogP contribution in [0, 0.1) is 11.6 Å². The Bertz CT molecular complexity index is 1070. The molecule has 0 N–H and O–H groups in total. The Kier molecular flexibility index (Phi) is 8.08. The van der Waals surface area contributed by atoms with Crippen LogP contribution in [0.2, 0.25) is 0 Å². The number of esters is 1. The van der Waals surface area contributed by atoms with E-state index in [4.69, 9.17) is 9.47 Å². The Morgan fingerprint density at radius 3 is 2.16 bits per heavy atom. The molecule has 3 aromatic rings. The van der Waals surface area contributed by atoms with Gasteiger partial charge in [-0.25, -0.2) is 13.6 Å². The number of halogens is 3. The van der Waals surface area contributed by atoms with Crippen LogP contribution in [0.25, 0.3) is 11.1 Å². The van der Waals surface area contributed by atoms with Crippen LogP contribution in [0.15, 0.2) is 72.8 Å². The summed E-state index contributed by atoms with van der Waals surface area (Å²) < 4.78 is 49.8. The third kappa shape index (κ3) is 5.78. The number of rotatable bonds is 9. The van der Waals surface area contributed by atoms with Gasteiger partial charge in [0.1, 0.15) is 12.4 Å². The van der Waals surface area contributed by atoms with E-state index < -0.39 is 29.8 Å². The molecule has 0 heterocycles. The molecule has 0 atom stereocenters. The van der Waals surface area contributed by atoms with E-state index in [2.05, 4.69) is 0 Å². The second-order valence-corrected chi connectivity index (χ2v) is 7.07. The first kappa shape index (κ1) is 23.1. The average Bonchev–Trinajstić information content (AvgIpc) is 2.81. The lowest BCUT2D eigenvalue weighted by atomic mass is 10.0. The van der Waals surface area contributed by atoms with E-state index in [1.807, 2.05) is 30.3 Å². The van der Waals surface area contributed by atoms with Crippen LogP contribution in [0.1, 0.15) is 28.8 Å². The molecular weight excluding hydrogens is 417 g/mol. The summed E-state index contributed by atoms with van der Waals surface area (Å²) in [5.41, 5.74) is 2.60. The predicted molar refractivity (Wildman–Crippen MR) is 118 cm³/mol. The molecule has 0 bridgehead atoms. The number of alkyl halides is 1. The second-order valence-electron chi connectivity index (χ2n) is 7.07. The number of unbranched alkanes of at least 4 members (excludes halogenated alkanes) is 1. The lowest BCUT2D eigenvalue weighted by Crippen LogP contribution is -2.12. The Morgan fingerprint density at radius 2 is 1.53 bits per heavy atom. The van der Waals surface area contributed by atoms with Gasteiger partial charge in [-0.2, -0.15) is 4.39 Å². The van der Waals surface area contributed by atoms with Crippen LogP contribution < -0.4 is 9.47 Å². The highest BCUT2D eigenvalue weighted by molar-refractivity contribution is 5.91. The van der Waals surface area contributed by atoms with Crippen molar-refractivity contribution >= 4 is 5.97 Å². The fourth-order valence-electron chi connectivity index (χ4n) is 3.19. The Labute approximate surface area is 185 Å². The number of benzene rings is 3. The highest BCUT2D eigenvalue weighted by Gasteiger charge is 2.20. The summed E-state index contributed by atoms with van der Waals surface area (Å²) >= 11 is 0. The number of aryl methyl sites for hydroxylation is 1. The molecule has 166 valence electrons. The van der Waals surface area contributed by atoms with Crippen molar-refractivity contribution in [1.29, 1.82) is 0 Å². The molecule has 6 heteroatoms. The SMILES string of the molecule is COc1ccc(C(=O)Oc2ccc(-c3ccc(CCCC=CCF)cc3)cc2)c(F)c1F. The summed E-state index contributed by atoms with van der Waals surface area (Å²) in [5, 5.41) is 0. The summed E-state index contributed by atoms with van der Waals surface area (Å²) in [6.07, 6.45) is 6.08. The lowest BCUT2D eigenvalue weighted by molar-refractivity contribution is 0.0728. The van der Waals surface area contributed by atoms with Crippen molar-refractivity contribution in [3.8, 4) is 22.6 Å². The molecule has 0 aliphatic rings. The molecule has 3 aromatic carbocycles. The Hall–Kier alpha value is -3.54. The number of carbonyl (C=O) groups excluding carboxylic acids is 1. The summed E-state index contributed by atoms with van der Waals surface area (Å²) in [4.78, 5) is 12.2. The molecule has 0 saturated carbocycles. The Morgan fingerprint density at radius 1 is 0.875 bits per heavy atom. The zero-order valence-electron chi connectivity index (χ0n) is 17.6. The first-order valence-electron chi connectivity index (χ1n) is 10.2. The van der Waals surface area contributed by atoms with Crippen LogP contribution in [-0.2, 0) is 6.42 Å². The molecular formula is C26H23F3O3. The van der Waals surface area contributed by atoms with Gasteiger partial charge >= 0.3 is 5.97 Å². The molecule has 0 radical (unpaired) electrons. The van der Waals surface area contributed by atoms with E-state index in [0.29, 0.717) is 0 Å². The molecule has 0 aliphatic carbocycles. The smallest absolute Gasteiger partial charge is 0.346 e. The number of carbonyl (C=O) groups is 1. The molecule has 3 rings (SSSR count). The Balaban J connectivity index is 1.62. The van der Waals surface area contributed by atoms with Gasteiger partial charge in [0.05, 0.1) is 12.7 Å². The fraction of sp³-hybridized carbons (Fsp3) is 0.192. The van der Waals surface area contributed by atoms with E-state index in [9.17, 15) is 18.0 Å².